The highest BCUT2D eigenvalue weighted by molar-refractivity contribution is 6.00. The van der Waals surface area contributed by atoms with Gasteiger partial charge in [0.15, 0.2) is 0 Å². The third-order valence-corrected chi connectivity index (χ3v) is 4.88. The van der Waals surface area contributed by atoms with Crippen LogP contribution in [-0.4, -0.2) is 32.8 Å². The van der Waals surface area contributed by atoms with E-state index in [1.54, 1.807) is 27.4 Å². The Morgan fingerprint density at radius 3 is 2.69 bits per heavy atom. The summed E-state index contributed by atoms with van der Waals surface area (Å²) in [5.41, 5.74) is 1.62. The number of rotatable bonds is 3. The smallest absolute Gasteiger partial charge is 0.258 e. The molecule has 1 aliphatic heterocycles. The van der Waals surface area contributed by atoms with Crippen molar-refractivity contribution in [2.45, 2.75) is 19.4 Å². The van der Waals surface area contributed by atoms with Crippen molar-refractivity contribution in [2.24, 2.45) is 14.1 Å². The van der Waals surface area contributed by atoms with Gasteiger partial charge in [-0.3, -0.25) is 19.2 Å². The first-order valence-electron chi connectivity index (χ1n) is 8.62. The average molecular weight is 351 g/mol. The van der Waals surface area contributed by atoms with Gasteiger partial charge < -0.3 is 9.88 Å². The van der Waals surface area contributed by atoms with Crippen molar-refractivity contribution in [3.05, 3.63) is 52.6 Å². The van der Waals surface area contributed by atoms with Crippen LogP contribution in [0.4, 0.5) is 11.5 Å². The molecule has 0 aliphatic carbocycles. The third-order valence-electron chi connectivity index (χ3n) is 4.88. The van der Waals surface area contributed by atoms with Crippen LogP contribution in [0.3, 0.4) is 0 Å². The molecule has 7 nitrogen and oxygen atoms in total. The van der Waals surface area contributed by atoms with Gasteiger partial charge in [0.1, 0.15) is 11.9 Å². The van der Waals surface area contributed by atoms with Crippen molar-refractivity contribution in [3.63, 3.8) is 0 Å². The maximum Gasteiger partial charge on any atom is 0.258 e. The summed E-state index contributed by atoms with van der Waals surface area (Å²) in [7, 11) is 3.58. The molecule has 1 aromatic carbocycles. The molecule has 4 rings (SSSR count). The van der Waals surface area contributed by atoms with E-state index < -0.39 is 0 Å². The van der Waals surface area contributed by atoms with Gasteiger partial charge in [-0.25, -0.2) is 0 Å². The Balaban J connectivity index is 1.59. The van der Waals surface area contributed by atoms with E-state index in [-0.39, 0.29) is 17.5 Å². The summed E-state index contributed by atoms with van der Waals surface area (Å²) in [6.45, 7) is 2.56. The lowest BCUT2D eigenvalue weighted by molar-refractivity contribution is -0.117. The van der Waals surface area contributed by atoms with Gasteiger partial charge in [-0.1, -0.05) is 6.07 Å². The molecule has 1 N–H and O–H groups in total. The number of pyridine rings is 1. The standard InChI is InChI=1S/C19H21N5O2/c1-12-10-17(23(3)21-12)24-9-7-16(19(24)26)20-14-5-4-13-6-8-22(2)18(25)15(13)11-14/h4-6,8,10-11,16,20H,7,9H2,1-3H3. The highest BCUT2D eigenvalue weighted by Crippen LogP contribution is 2.25. The second-order valence-corrected chi connectivity index (χ2v) is 6.78. The number of benzene rings is 1. The van der Waals surface area contributed by atoms with Crippen LogP contribution in [0.25, 0.3) is 10.8 Å². The molecule has 0 bridgehead atoms. The van der Waals surface area contributed by atoms with Crippen molar-refractivity contribution in [1.29, 1.82) is 0 Å². The number of hydrogen-bond acceptors (Lipinski definition) is 4. The minimum atomic E-state index is -0.310. The fourth-order valence-electron chi connectivity index (χ4n) is 3.52. The number of carbonyl (C=O) groups is 1. The highest BCUT2D eigenvalue weighted by Gasteiger charge is 2.34. The molecule has 1 amide bonds. The van der Waals surface area contributed by atoms with E-state index in [1.807, 2.05) is 44.3 Å². The summed E-state index contributed by atoms with van der Waals surface area (Å²) < 4.78 is 3.29. The molecule has 7 heteroatoms. The van der Waals surface area contributed by atoms with Crippen LogP contribution in [0.5, 0.6) is 0 Å². The van der Waals surface area contributed by atoms with Crippen LogP contribution in [0.2, 0.25) is 0 Å². The number of aromatic nitrogens is 3. The van der Waals surface area contributed by atoms with Crippen molar-refractivity contribution in [3.8, 4) is 0 Å². The highest BCUT2D eigenvalue weighted by atomic mass is 16.2. The Morgan fingerprint density at radius 2 is 1.96 bits per heavy atom. The lowest BCUT2D eigenvalue weighted by atomic mass is 10.1. The number of carbonyl (C=O) groups excluding carboxylic acids is 1. The molecule has 0 saturated carbocycles. The predicted octanol–water partition coefficient (Wildman–Crippen LogP) is 1.80. The van der Waals surface area contributed by atoms with Crippen molar-refractivity contribution >= 4 is 28.2 Å². The van der Waals surface area contributed by atoms with E-state index in [9.17, 15) is 9.59 Å². The molecule has 3 aromatic rings. The molecular formula is C19H21N5O2. The van der Waals surface area contributed by atoms with Crippen molar-refractivity contribution in [1.82, 2.24) is 14.3 Å². The molecule has 134 valence electrons. The van der Waals surface area contributed by atoms with Crippen molar-refractivity contribution in [2.75, 3.05) is 16.8 Å². The number of nitrogens with one attached hydrogen (secondary N) is 1. The zero-order valence-electron chi connectivity index (χ0n) is 15.1. The lowest BCUT2D eigenvalue weighted by Gasteiger charge is -2.17. The van der Waals surface area contributed by atoms with Gasteiger partial charge in [0, 0.05) is 44.0 Å². The Bertz CT molecular complexity index is 1070. The van der Waals surface area contributed by atoms with E-state index >= 15 is 0 Å². The molecule has 0 spiro atoms. The largest absolute Gasteiger partial charge is 0.374 e. The van der Waals surface area contributed by atoms with Gasteiger partial charge >= 0.3 is 0 Å². The quantitative estimate of drug-likeness (QED) is 0.781. The number of anilines is 2. The third kappa shape index (κ3) is 2.65. The van der Waals surface area contributed by atoms with E-state index in [4.69, 9.17) is 0 Å². The summed E-state index contributed by atoms with van der Waals surface area (Å²) in [5, 5.41) is 9.14. The van der Waals surface area contributed by atoms with Crippen LogP contribution in [-0.2, 0) is 18.9 Å². The number of amides is 1. The molecule has 2 aromatic heterocycles. The number of nitrogens with zero attached hydrogens (tertiary/aromatic N) is 4. The zero-order valence-corrected chi connectivity index (χ0v) is 15.1. The minimum Gasteiger partial charge on any atom is -0.374 e. The second kappa shape index (κ2) is 6.01. The normalized spacial score (nSPS) is 17.3. The number of hydrogen-bond donors (Lipinski definition) is 1. The first-order valence-corrected chi connectivity index (χ1v) is 8.62. The molecule has 1 aliphatic rings. The van der Waals surface area contributed by atoms with Gasteiger partial charge in [0.2, 0.25) is 0 Å². The SMILES string of the molecule is Cc1cc(N2CCC(Nc3ccc4ccn(C)c(=O)c4c3)C2=O)n(C)n1. The predicted molar refractivity (Wildman–Crippen MR) is 102 cm³/mol. The molecule has 1 unspecified atom stereocenters. The van der Waals surface area contributed by atoms with Gasteiger partial charge in [0.05, 0.1) is 5.69 Å². The minimum absolute atomic E-state index is 0.0223. The molecule has 1 saturated heterocycles. The van der Waals surface area contributed by atoms with Crippen LogP contribution >= 0.6 is 0 Å². The topological polar surface area (TPSA) is 72.2 Å². The summed E-state index contributed by atoms with van der Waals surface area (Å²) in [6.07, 6.45) is 2.46. The lowest BCUT2D eigenvalue weighted by Crippen LogP contribution is -2.34. The molecule has 3 heterocycles. The van der Waals surface area contributed by atoms with Gasteiger partial charge in [-0.2, -0.15) is 5.10 Å². The monoisotopic (exact) mass is 351 g/mol. The van der Waals surface area contributed by atoms with Gasteiger partial charge in [-0.15, -0.1) is 0 Å². The zero-order chi connectivity index (χ0) is 18.4. The molecule has 26 heavy (non-hydrogen) atoms. The van der Waals surface area contributed by atoms with Crippen LogP contribution in [0.15, 0.2) is 41.3 Å². The van der Waals surface area contributed by atoms with Gasteiger partial charge in [-0.05, 0) is 36.9 Å². The summed E-state index contributed by atoms with van der Waals surface area (Å²) >= 11 is 0. The van der Waals surface area contributed by atoms with Crippen LogP contribution < -0.4 is 15.8 Å². The summed E-state index contributed by atoms with van der Waals surface area (Å²) in [6, 6.07) is 9.15. The molecular weight excluding hydrogens is 330 g/mol. The van der Waals surface area contributed by atoms with E-state index in [0.717, 1.165) is 22.6 Å². The Kier molecular flexibility index (Phi) is 3.79. The fraction of sp³-hybridized carbons (Fsp3) is 0.316. The summed E-state index contributed by atoms with van der Waals surface area (Å²) in [5.74, 6) is 0.832. The first kappa shape index (κ1) is 16.4. The average Bonchev–Trinajstić information content (AvgIpc) is 3.13. The molecule has 1 fully saturated rings. The summed E-state index contributed by atoms with van der Waals surface area (Å²) in [4.78, 5) is 26.9. The second-order valence-electron chi connectivity index (χ2n) is 6.78. The van der Waals surface area contributed by atoms with E-state index in [0.29, 0.717) is 18.4 Å². The maximum atomic E-state index is 12.8. The van der Waals surface area contributed by atoms with E-state index in [2.05, 4.69) is 10.4 Å². The Morgan fingerprint density at radius 1 is 1.15 bits per heavy atom. The van der Waals surface area contributed by atoms with Gasteiger partial charge in [0.25, 0.3) is 11.5 Å². The Labute approximate surface area is 150 Å². The molecule has 1 atom stereocenters. The Hall–Kier alpha value is -3.09. The van der Waals surface area contributed by atoms with Crippen LogP contribution in [0.1, 0.15) is 12.1 Å². The first-order chi connectivity index (χ1) is 12.4. The van der Waals surface area contributed by atoms with Crippen LogP contribution in [0, 0.1) is 6.92 Å². The fourth-order valence-corrected chi connectivity index (χ4v) is 3.52. The van der Waals surface area contributed by atoms with E-state index in [1.165, 1.54) is 0 Å². The molecule has 0 radical (unpaired) electrons. The maximum absolute atomic E-state index is 12.8. The van der Waals surface area contributed by atoms with Crippen molar-refractivity contribution < 1.29 is 4.79 Å². The number of aryl methyl sites for hydroxylation is 3. The number of fused-ring (bicyclic) bond motifs is 1.